The van der Waals surface area contributed by atoms with Gasteiger partial charge in [-0.1, -0.05) is 20.3 Å². The van der Waals surface area contributed by atoms with Crippen LogP contribution < -0.4 is 11.1 Å². The standard InChI is InChI=1S/C13H26N2O3/c1-3-10(2)12(14)13(16)15-6-4-7-18-11-5-8-17-9-11/h10-12H,3-9,14H2,1-2H3,(H,15,16). The van der Waals surface area contributed by atoms with Crippen molar-refractivity contribution >= 4 is 5.91 Å². The molecule has 1 aliphatic rings. The molecule has 18 heavy (non-hydrogen) atoms. The largest absolute Gasteiger partial charge is 0.379 e. The Bertz CT molecular complexity index is 242. The zero-order chi connectivity index (χ0) is 13.4. The fourth-order valence-corrected chi connectivity index (χ4v) is 1.81. The second-order valence-corrected chi connectivity index (χ2v) is 4.91. The first-order valence-corrected chi connectivity index (χ1v) is 6.87. The van der Waals surface area contributed by atoms with Gasteiger partial charge in [0.15, 0.2) is 0 Å². The third-order valence-electron chi connectivity index (χ3n) is 3.42. The summed E-state index contributed by atoms with van der Waals surface area (Å²) >= 11 is 0. The summed E-state index contributed by atoms with van der Waals surface area (Å²) in [5, 5.41) is 2.85. The highest BCUT2D eigenvalue weighted by atomic mass is 16.5. The van der Waals surface area contributed by atoms with Crippen molar-refractivity contribution in [3.8, 4) is 0 Å². The van der Waals surface area contributed by atoms with Crippen molar-refractivity contribution in [2.75, 3.05) is 26.4 Å². The molecule has 3 N–H and O–H groups in total. The van der Waals surface area contributed by atoms with Gasteiger partial charge in [0.2, 0.25) is 5.91 Å². The Hall–Kier alpha value is -0.650. The zero-order valence-electron chi connectivity index (χ0n) is 11.5. The van der Waals surface area contributed by atoms with Crippen molar-refractivity contribution in [1.29, 1.82) is 0 Å². The van der Waals surface area contributed by atoms with Gasteiger partial charge in [-0.15, -0.1) is 0 Å². The molecular weight excluding hydrogens is 232 g/mol. The third kappa shape index (κ3) is 5.33. The Kier molecular flexibility index (Phi) is 7.23. The summed E-state index contributed by atoms with van der Waals surface area (Å²) in [6.45, 7) is 6.81. The molecule has 5 nitrogen and oxygen atoms in total. The molecule has 0 aromatic rings. The first-order chi connectivity index (χ1) is 8.65. The van der Waals surface area contributed by atoms with E-state index in [2.05, 4.69) is 5.32 Å². The molecule has 1 saturated heterocycles. The third-order valence-corrected chi connectivity index (χ3v) is 3.42. The summed E-state index contributed by atoms with van der Waals surface area (Å²) in [7, 11) is 0. The number of ether oxygens (including phenoxy) is 2. The first-order valence-electron chi connectivity index (χ1n) is 6.87. The Morgan fingerprint density at radius 3 is 3.00 bits per heavy atom. The topological polar surface area (TPSA) is 73.6 Å². The molecule has 0 aliphatic carbocycles. The predicted octanol–water partition coefficient (Wildman–Crippen LogP) is 0.672. The van der Waals surface area contributed by atoms with Gasteiger partial charge in [0.05, 0.1) is 18.8 Å². The fraction of sp³-hybridized carbons (Fsp3) is 0.923. The summed E-state index contributed by atoms with van der Waals surface area (Å²) in [4.78, 5) is 11.7. The SMILES string of the molecule is CCC(C)C(N)C(=O)NCCCOC1CCOC1. The molecular formula is C13H26N2O3. The fourth-order valence-electron chi connectivity index (χ4n) is 1.81. The summed E-state index contributed by atoms with van der Waals surface area (Å²) in [6, 6.07) is -0.404. The normalized spacial score (nSPS) is 22.7. The lowest BCUT2D eigenvalue weighted by Crippen LogP contribution is -2.45. The number of carbonyl (C=O) groups is 1. The van der Waals surface area contributed by atoms with Gasteiger partial charge in [-0.2, -0.15) is 0 Å². The summed E-state index contributed by atoms with van der Waals surface area (Å²) in [6.07, 6.45) is 2.95. The number of nitrogens with two attached hydrogens (primary N) is 1. The smallest absolute Gasteiger partial charge is 0.237 e. The molecule has 3 unspecified atom stereocenters. The molecule has 0 saturated carbocycles. The summed E-state index contributed by atoms with van der Waals surface area (Å²) in [5.74, 6) is 0.158. The molecule has 106 valence electrons. The van der Waals surface area contributed by atoms with E-state index >= 15 is 0 Å². The van der Waals surface area contributed by atoms with Crippen LogP contribution in [-0.4, -0.2) is 44.4 Å². The van der Waals surface area contributed by atoms with Crippen molar-refractivity contribution in [3.63, 3.8) is 0 Å². The Morgan fingerprint density at radius 2 is 2.39 bits per heavy atom. The molecule has 0 bridgehead atoms. The zero-order valence-corrected chi connectivity index (χ0v) is 11.5. The van der Waals surface area contributed by atoms with Crippen LogP contribution in [0.3, 0.4) is 0 Å². The van der Waals surface area contributed by atoms with E-state index in [-0.39, 0.29) is 17.9 Å². The number of hydrogen-bond acceptors (Lipinski definition) is 4. The van der Waals surface area contributed by atoms with Crippen LogP contribution in [0, 0.1) is 5.92 Å². The van der Waals surface area contributed by atoms with Crippen molar-refractivity contribution < 1.29 is 14.3 Å². The maximum Gasteiger partial charge on any atom is 0.237 e. The second-order valence-electron chi connectivity index (χ2n) is 4.91. The first kappa shape index (κ1) is 15.4. The molecule has 1 fully saturated rings. The van der Waals surface area contributed by atoms with Crippen LogP contribution in [0.4, 0.5) is 0 Å². The van der Waals surface area contributed by atoms with E-state index in [4.69, 9.17) is 15.2 Å². The van der Waals surface area contributed by atoms with Gasteiger partial charge >= 0.3 is 0 Å². The van der Waals surface area contributed by atoms with Gasteiger partial charge < -0.3 is 20.5 Å². The molecule has 1 rings (SSSR count). The van der Waals surface area contributed by atoms with Crippen LogP contribution in [0.15, 0.2) is 0 Å². The molecule has 0 spiro atoms. The van der Waals surface area contributed by atoms with E-state index in [9.17, 15) is 4.79 Å². The van der Waals surface area contributed by atoms with Crippen molar-refractivity contribution in [3.05, 3.63) is 0 Å². The Labute approximate surface area is 109 Å². The van der Waals surface area contributed by atoms with Crippen molar-refractivity contribution in [2.45, 2.75) is 45.3 Å². The lowest BCUT2D eigenvalue weighted by molar-refractivity contribution is -0.123. The van der Waals surface area contributed by atoms with Gasteiger partial charge in [-0.3, -0.25) is 4.79 Å². The number of amides is 1. The molecule has 0 aromatic carbocycles. The Balaban J connectivity index is 2.01. The Morgan fingerprint density at radius 1 is 1.61 bits per heavy atom. The van der Waals surface area contributed by atoms with Crippen LogP contribution in [0.2, 0.25) is 0 Å². The number of rotatable bonds is 8. The average Bonchev–Trinajstić information content (AvgIpc) is 2.89. The van der Waals surface area contributed by atoms with Crippen LogP contribution in [0.1, 0.15) is 33.1 Å². The number of nitrogens with one attached hydrogen (secondary N) is 1. The van der Waals surface area contributed by atoms with E-state index in [0.29, 0.717) is 19.8 Å². The molecule has 1 amide bonds. The highest BCUT2D eigenvalue weighted by Crippen LogP contribution is 2.08. The van der Waals surface area contributed by atoms with Crippen molar-refractivity contribution in [1.82, 2.24) is 5.32 Å². The monoisotopic (exact) mass is 258 g/mol. The molecule has 1 heterocycles. The maximum absolute atomic E-state index is 11.7. The predicted molar refractivity (Wildman–Crippen MR) is 70.2 cm³/mol. The van der Waals surface area contributed by atoms with Gasteiger partial charge in [0.1, 0.15) is 0 Å². The summed E-state index contributed by atoms with van der Waals surface area (Å²) < 4.78 is 10.8. The average molecular weight is 258 g/mol. The minimum absolute atomic E-state index is 0.0615. The van der Waals surface area contributed by atoms with E-state index in [1.54, 1.807) is 0 Å². The lowest BCUT2D eigenvalue weighted by Gasteiger charge is -2.17. The van der Waals surface area contributed by atoms with Gasteiger partial charge in [0, 0.05) is 19.8 Å². The minimum Gasteiger partial charge on any atom is -0.379 e. The maximum atomic E-state index is 11.7. The van der Waals surface area contributed by atoms with E-state index < -0.39 is 6.04 Å². The molecule has 3 atom stereocenters. The summed E-state index contributed by atoms with van der Waals surface area (Å²) in [5.41, 5.74) is 5.83. The van der Waals surface area contributed by atoms with E-state index in [1.807, 2.05) is 13.8 Å². The highest BCUT2D eigenvalue weighted by Gasteiger charge is 2.19. The van der Waals surface area contributed by atoms with Gasteiger partial charge in [-0.25, -0.2) is 0 Å². The van der Waals surface area contributed by atoms with Crippen LogP contribution >= 0.6 is 0 Å². The van der Waals surface area contributed by atoms with Crippen molar-refractivity contribution in [2.24, 2.45) is 11.7 Å². The van der Waals surface area contributed by atoms with Crippen LogP contribution in [0.25, 0.3) is 0 Å². The van der Waals surface area contributed by atoms with Gasteiger partial charge in [-0.05, 0) is 18.8 Å². The van der Waals surface area contributed by atoms with Gasteiger partial charge in [0.25, 0.3) is 0 Å². The second kappa shape index (κ2) is 8.45. The lowest BCUT2D eigenvalue weighted by atomic mass is 9.99. The molecule has 1 aliphatic heterocycles. The van der Waals surface area contributed by atoms with E-state index in [0.717, 1.165) is 25.9 Å². The van der Waals surface area contributed by atoms with E-state index in [1.165, 1.54) is 0 Å². The quantitative estimate of drug-likeness (QED) is 0.628. The molecule has 0 aromatic heterocycles. The minimum atomic E-state index is -0.404. The van der Waals surface area contributed by atoms with Crippen LogP contribution in [-0.2, 0) is 14.3 Å². The highest BCUT2D eigenvalue weighted by molar-refractivity contribution is 5.81. The number of carbonyl (C=O) groups excluding carboxylic acids is 1. The number of hydrogen-bond donors (Lipinski definition) is 2. The molecule has 5 heteroatoms. The van der Waals surface area contributed by atoms with Crippen LogP contribution in [0.5, 0.6) is 0 Å². The molecule has 0 radical (unpaired) electrons.